The summed E-state index contributed by atoms with van der Waals surface area (Å²) >= 11 is 6.40. The molecule has 0 bridgehead atoms. The molecule has 0 aliphatic carbocycles. The van der Waals surface area contributed by atoms with Gasteiger partial charge in [-0.05, 0) is 26.3 Å². The van der Waals surface area contributed by atoms with Gasteiger partial charge in [0.25, 0.3) is 0 Å². The van der Waals surface area contributed by atoms with Crippen molar-refractivity contribution in [2.24, 2.45) is 11.3 Å². The molecule has 4 heteroatoms. The summed E-state index contributed by atoms with van der Waals surface area (Å²) in [5.41, 5.74) is 2.00. The molecule has 0 fully saturated rings. The molecule has 0 radical (unpaired) electrons. The Morgan fingerprint density at radius 2 is 2.15 bits per heavy atom. The van der Waals surface area contributed by atoms with Gasteiger partial charge in [-0.3, -0.25) is 4.68 Å². The van der Waals surface area contributed by atoms with Crippen LogP contribution in [-0.4, -0.2) is 22.9 Å². The van der Waals surface area contributed by atoms with Gasteiger partial charge in [0, 0.05) is 24.9 Å². The highest BCUT2D eigenvalue weighted by Crippen LogP contribution is 2.29. The Labute approximate surface area is 128 Å². The molecule has 1 heterocycles. The van der Waals surface area contributed by atoms with Crippen molar-refractivity contribution in [3.8, 4) is 0 Å². The standard InChI is InChI=1S/C16H28ClN3/c1-7-16(6,11-18-10-12(3)4)9-14-15(17)13(5)19-20(14)8-2/h7,12,18H,1,8-11H2,2-6H3. The van der Waals surface area contributed by atoms with E-state index in [1.165, 1.54) is 0 Å². The van der Waals surface area contributed by atoms with Crippen LogP contribution in [0.2, 0.25) is 5.02 Å². The number of hydrogen-bond acceptors (Lipinski definition) is 2. The molecule has 1 rings (SSSR count). The fourth-order valence-corrected chi connectivity index (χ4v) is 2.48. The summed E-state index contributed by atoms with van der Waals surface area (Å²) in [4.78, 5) is 0. The molecule has 0 saturated carbocycles. The molecule has 0 aliphatic heterocycles. The minimum atomic E-state index is -0.0159. The van der Waals surface area contributed by atoms with Gasteiger partial charge in [0.15, 0.2) is 0 Å². The zero-order valence-electron chi connectivity index (χ0n) is 13.5. The van der Waals surface area contributed by atoms with Gasteiger partial charge in [0.1, 0.15) is 0 Å². The molecule has 0 spiro atoms. The molecule has 1 atom stereocenters. The zero-order valence-corrected chi connectivity index (χ0v) is 14.2. The predicted molar refractivity (Wildman–Crippen MR) is 87.4 cm³/mol. The minimum absolute atomic E-state index is 0.0159. The topological polar surface area (TPSA) is 29.9 Å². The van der Waals surface area contributed by atoms with E-state index in [1.807, 2.05) is 17.7 Å². The van der Waals surface area contributed by atoms with Crippen molar-refractivity contribution in [3.63, 3.8) is 0 Å². The summed E-state index contributed by atoms with van der Waals surface area (Å²) in [7, 11) is 0. The highest BCUT2D eigenvalue weighted by atomic mass is 35.5. The first kappa shape index (κ1) is 17.3. The molecular formula is C16H28ClN3. The van der Waals surface area contributed by atoms with Gasteiger partial charge in [0.2, 0.25) is 0 Å². The van der Waals surface area contributed by atoms with E-state index in [2.05, 4.69) is 44.7 Å². The molecule has 3 nitrogen and oxygen atoms in total. The zero-order chi connectivity index (χ0) is 15.3. The van der Waals surface area contributed by atoms with Crippen LogP contribution in [0.3, 0.4) is 0 Å². The fourth-order valence-electron chi connectivity index (χ4n) is 2.27. The van der Waals surface area contributed by atoms with Gasteiger partial charge in [-0.2, -0.15) is 5.10 Å². The quantitative estimate of drug-likeness (QED) is 0.739. The van der Waals surface area contributed by atoms with Gasteiger partial charge in [0.05, 0.1) is 16.4 Å². The van der Waals surface area contributed by atoms with Crippen molar-refractivity contribution in [1.82, 2.24) is 15.1 Å². The summed E-state index contributed by atoms with van der Waals surface area (Å²) in [6.45, 7) is 17.5. The summed E-state index contributed by atoms with van der Waals surface area (Å²) in [5.74, 6) is 0.649. The van der Waals surface area contributed by atoms with Crippen LogP contribution in [0.25, 0.3) is 0 Å². The average Bonchev–Trinajstić information content (AvgIpc) is 2.66. The van der Waals surface area contributed by atoms with Crippen LogP contribution >= 0.6 is 11.6 Å². The van der Waals surface area contributed by atoms with E-state index in [9.17, 15) is 0 Å². The molecule has 0 amide bonds. The second-order valence-corrected chi connectivity index (χ2v) is 6.60. The monoisotopic (exact) mass is 297 g/mol. The molecule has 114 valence electrons. The maximum atomic E-state index is 6.40. The van der Waals surface area contributed by atoms with Crippen molar-refractivity contribution in [2.45, 2.75) is 47.6 Å². The fraction of sp³-hybridized carbons (Fsp3) is 0.688. The van der Waals surface area contributed by atoms with Crippen LogP contribution in [0.4, 0.5) is 0 Å². The van der Waals surface area contributed by atoms with Crippen molar-refractivity contribution < 1.29 is 0 Å². The van der Waals surface area contributed by atoms with Crippen LogP contribution < -0.4 is 5.32 Å². The lowest BCUT2D eigenvalue weighted by Crippen LogP contribution is -2.34. The second kappa shape index (κ2) is 7.28. The first-order chi connectivity index (χ1) is 9.33. The lowest BCUT2D eigenvalue weighted by Gasteiger charge is -2.27. The van der Waals surface area contributed by atoms with E-state index in [0.29, 0.717) is 5.92 Å². The average molecular weight is 298 g/mol. The van der Waals surface area contributed by atoms with Gasteiger partial charge in [-0.1, -0.05) is 38.4 Å². The summed E-state index contributed by atoms with van der Waals surface area (Å²) in [5, 5.41) is 8.80. The van der Waals surface area contributed by atoms with Gasteiger partial charge in [-0.25, -0.2) is 0 Å². The Kier molecular flexibility index (Phi) is 6.28. The number of aromatic nitrogens is 2. The van der Waals surface area contributed by atoms with E-state index >= 15 is 0 Å². The molecule has 1 N–H and O–H groups in total. The lowest BCUT2D eigenvalue weighted by atomic mass is 9.85. The molecule has 20 heavy (non-hydrogen) atoms. The van der Waals surface area contributed by atoms with E-state index in [-0.39, 0.29) is 5.41 Å². The number of nitrogens with one attached hydrogen (secondary N) is 1. The number of aryl methyl sites for hydroxylation is 2. The van der Waals surface area contributed by atoms with E-state index in [1.54, 1.807) is 0 Å². The largest absolute Gasteiger partial charge is 0.316 e. The maximum absolute atomic E-state index is 6.40. The molecule has 1 unspecified atom stereocenters. The minimum Gasteiger partial charge on any atom is -0.316 e. The first-order valence-corrected chi connectivity index (χ1v) is 7.77. The van der Waals surface area contributed by atoms with Crippen molar-refractivity contribution >= 4 is 11.6 Å². The Morgan fingerprint density at radius 1 is 1.50 bits per heavy atom. The molecule has 0 saturated heterocycles. The van der Waals surface area contributed by atoms with Crippen LogP contribution in [0.5, 0.6) is 0 Å². The first-order valence-electron chi connectivity index (χ1n) is 7.39. The van der Waals surface area contributed by atoms with E-state index < -0.39 is 0 Å². The third-order valence-corrected chi connectivity index (χ3v) is 4.09. The Bertz CT molecular complexity index is 451. The van der Waals surface area contributed by atoms with Crippen LogP contribution in [0, 0.1) is 18.3 Å². The molecular weight excluding hydrogens is 270 g/mol. The Hall–Kier alpha value is -0.800. The number of hydrogen-bond donors (Lipinski definition) is 1. The van der Waals surface area contributed by atoms with Crippen molar-refractivity contribution in [3.05, 3.63) is 29.1 Å². The second-order valence-electron chi connectivity index (χ2n) is 6.22. The molecule has 0 aromatic carbocycles. The van der Waals surface area contributed by atoms with E-state index in [4.69, 9.17) is 11.6 Å². The van der Waals surface area contributed by atoms with Gasteiger partial charge >= 0.3 is 0 Å². The SMILES string of the molecule is C=CC(C)(CNCC(C)C)Cc1c(Cl)c(C)nn1CC. The third kappa shape index (κ3) is 4.35. The summed E-state index contributed by atoms with van der Waals surface area (Å²) in [6, 6.07) is 0. The normalized spacial score (nSPS) is 14.6. The van der Waals surface area contributed by atoms with Gasteiger partial charge in [-0.15, -0.1) is 6.58 Å². The molecule has 1 aromatic heterocycles. The molecule has 1 aromatic rings. The summed E-state index contributed by atoms with van der Waals surface area (Å²) in [6.07, 6.45) is 2.88. The predicted octanol–water partition coefficient (Wildman–Crippen LogP) is 3.85. The highest BCUT2D eigenvalue weighted by Gasteiger charge is 2.25. The van der Waals surface area contributed by atoms with E-state index in [0.717, 1.165) is 42.5 Å². The Balaban J connectivity index is 2.84. The summed E-state index contributed by atoms with van der Waals surface area (Å²) < 4.78 is 2.00. The van der Waals surface area contributed by atoms with Crippen LogP contribution in [0.1, 0.15) is 39.1 Å². The lowest BCUT2D eigenvalue weighted by molar-refractivity contribution is 0.367. The highest BCUT2D eigenvalue weighted by molar-refractivity contribution is 6.31. The third-order valence-electron chi connectivity index (χ3n) is 3.60. The van der Waals surface area contributed by atoms with Crippen LogP contribution in [-0.2, 0) is 13.0 Å². The van der Waals surface area contributed by atoms with Crippen molar-refractivity contribution in [1.29, 1.82) is 0 Å². The van der Waals surface area contributed by atoms with Crippen molar-refractivity contribution in [2.75, 3.05) is 13.1 Å². The Morgan fingerprint density at radius 3 is 2.65 bits per heavy atom. The van der Waals surface area contributed by atoms with Crippen LogP contribution in [0.15, 0.2) is 12.7 Å². The number of nitrogens with zero attached hydrogens (tertiary/aromatic N) is 2. The molecule has 0 aliphatic rings. The van der Waals surface area contributed by atoms with Gasteiger partial charge < -0.3 is 5.32 Å². The maximum Gasteiger partial charge on any atom is 0.0847 e. The smallest absolute Gasteiger partial charge is 0.0847 e. The number of rotatable bonds is 8. The number of halogens is 1.